The van der Waals surface area contributed by atoms with Gasteiger partial charge in [-0.05, 0) is 35.9 Å². The standard InChI is InChI=1S/C15H14FNO2S/c1-19-15(18)11-4-2-3-10(7-11)9-20-14-8-12(16)5-6-13(14)17/h2-8H,9,17H2,1H3. The summed E-state index contributed by atoms with van der Waals surface area (Å²) in [7, 11) is 1.34. The van der Waals surface area contributed by atoms with E-state index in [0.717, 1.165) is 5.56 Å². The number of rotatable bonds is 4. The van der Waals surface area contributed by atoms with Crippen LogP contribution in [0.1, 0.15) is 15.9 Å². The van der Waals surface area contributed by atoms with Crippen LogP contribution in [0, 0.1) is 5.82 Å². The molecule has 0 saturated carbocycles. The zero-order chi connectivity index (χ0) is 14.5. The van der Waals surface area contributed by atoms with Gasteiger partial charge in [-0.2, -0.15) is 0 Å². The van der Waals surface area contributed by atoms with E-state index in [1.807, 2.05) is 6.07 Å². The highest BCUT2D eigenvalue weighted by Crippen LogP contribution is 2.29. The lowest BCUT2D eigenvalue weighted by Gasteiger charge is -2.07. The van der Waals surface area contributed by atoms with Gasteiger partial charge in [0.2, 0.25) is 0 Å². The van der Waals surface area contributed by atoms with E-state index in [9.17, 15) is 9.18 Å². The van der Waals surface area contributed by atoms with Crippen LogP contribution in [0.5, 0.6) is 0 Å². The first-order chi connectivity index (χ1) is 9.60. The quantitative estimate of drug-likeness (QED) is 0.532. The predicted molar refractivity (Wildman–Crippen MR) is 78.2 cm³/mol. The van der Waals surface area contributed by atoms with E-state index in [0.29, 0.717) is 21.9 Å². The molecule has 0 aromatic heterocycles. The van der Waals surface area contributed by atoms with E-state index < -0.39 is 0 Å². The van der Waals surface area contributed by atoms with Gasteiger partial charge in [-0.3, -0.25) is 0 Å². The van der Waals surface area contributed by atoms with Crippen molar-refractivity contribution in [3.8, 4) is 0 Å². The minimum absolute atomic E-state index is 0.315. The molecule has 0 unspecified atom stereocenters. The molecule has 0 aliphatic carbocycles. The molecule has 0 fully saturated rings. The zero-order valence-corrected chi connectivity index (χ0v) is 11.7. The summed E-state index contributed by atoms with van der Waals surface area (Å²) < 4.78 is 17.8. The Morgan fingerprint density at radius 1 is 1.30 bits per heavy atom. The zero-order valence-electron chi connectivity index (χ0n) is 10.9. The van der Waals surface area contributed by atoms with E-state index in [1.54, 1.807) is 24.3 Å². The molecule has 2 aromatic carbocycles. The molecule has 0 aliphatic heterocycles. The fraction of sp³-hybridized carbons (Fsp3) is 0.133. The molecule has 20 heavy (non-hydrogen) atoms. The summed E-state index contributed by atoms with van der Waals surface area (Å²) in [6, 6.07) is 11.4. The summed E-state index contributed by atoms with van der Waals surface area (Å²) in [5, 5.41) is 0. The van der Waals surface area contributed by atoms with Gasteiger partial charge in [0.25, 0.3) is 0 Å². The van der Waals surface area contributed by atoms with Gasteiger partial charge in [0.15, 0.2) is 0 Å². The van der Waals surface area contributed by atoms with Crippen molar-refractivity contribution in [2.45, 2.75) is 10.6 Å². The summed E-state index contributed by atoms with van der Waals surface area (Å²) in [6.07, 6.45) is 0. The first-order valence-corrected chi connectivity index (χ1v) is 6.94. The van der Waals surface area contributed by atoms with Crippen molar-refractivity contribution < 1.29 is 13.9 Å². The molecule has 0 saturated heterocycles. The van der Waals surface area contributed by atoms with E-state index in [1.165, 1.54) is 31.0 Å². The van der Waals surface area contributed by atoms with Crippen molar-refractivity contribution >= 4 is 23.4 Å². The number of hydrogen-bond donors (Lipinski definition) is 1. The Bertz CT molecular complexity index is 631. The second-order valence-corrected chi connectivity index (χ2v) is 5.18. The first-order valence-electron chi connectivity index (χ1n) is 5.95. The topological polar surface area (TPSA) is 52.3 Å². The number of anilines is 1. The van der Waals surface area contributed by atoms with Gasteiger partial charge >= 0.3 is 5.97 Å². The van der Waals surface area contributed by atoms with Crippen LogP contribution in [0.4, 0.5) is 10.1 Å². The monoisotopic (exact) mass is 291 g/mol. The Hall–Kier alpha value is -2.01. The number of ether oxygens (including phenoxy) is 1. The molecule has 2 rings (SSSR count). The maximum atomic E-state index is 13.2. The van der Waals surface area contributed by atoms with Gasteiger partial charge in [-0.25, -0.2) is 9.18 Å². The number of nitrogens with two attached hydrogens (primary N) is 1. The van der Waals surface area contributed by atoms with Crippen LogP contribution >= 0.6 is 11.8 Å². The van der Waals surface area contributed by atoms with Crippen molar-refractivity contribution in [2.75, 3.05) is 12.8 Å². The van der Waals surface area contributed by atoms with E-state index >= 15 is 0 Å². The molecule has 0 spiro atoms. The number of carbonyl (C=O) groups excluding carboxylic acids is 1. The van der Waals surface area contributed by atoms with Crippen molar-refractivity contribution in [3.63, 3.8) is 0 Å². The molecule has 0 amide bonds. The number of methoxy groups -OCH3 is 1. The number of halogens is 1. The molecule has 0 atom stereocenters. The van der Waals surface area contributed by atoms with Crippen LogP contribution in [-0.4, -0.2) is 13.1 Å². The number of nitrogen functional groups attached to an aromatic ring is 1. The average molecular weight is 291 g/mol. The van der Waals surface area contributed by atoms with Gasteiger partial charge < -0.3 is 10.5 Å². The molecule has 0 heterocycles. The highest BCUT2D eigenvalue weighted by Gasteiger charge is 2.07. The molecular weight excluding hydrogens is 277 g/mol. The average Bonchev–Trinajstić information content (AvgIpc) is 2.47. The SMILES string of the molecule is COC(=O)c1cccc(CSc2cc(F)ccc2N)c1. The third-order valence-electron chi connectivity index (χ3n) is 2.72. The minimum atomic E-state index is -0.373. The third-order valence-corrected chi connectivity index (χ3v) is 3.86. The van der Waals surface area contributed by atoms with Crippen molar-refractivity contribution in [2.24, 2.45) is 0 Å². The van der Waals surface area contributed by atoms with Crippen LogP contribution in [0.15, 0.2) is 47.4 Å². The summed E-state index contributed by atoms with van der Waals surface area (Å²) in [5.41, 5.74) is 7.78. The molecule has 0 bridgehead atoms. The fourth-order valence-corrected chi connectivity index (χ4v) is 2.63. The van der Waals surface area contributed by atoms with Gasteiger partial charge in [-0.15, -0.1) is 11.8 Å². The van der Waals surface area contributed by atoms with Crippen LogP contribution in [-0.2, 0) is 10.5 Å². The van der Waals surface area contributed by atoms with E-state index in [-0.39, 0.29) is 11.8 Å². The second-order valence-electron chi connectivity index (χ2n) is 4.16. The fourth-order valence-electron chi connectivity index (χ4n) is 1.70. The van der Waals surface area contributed by atoms with Gasteiger partial charge in [-0.1, -0.05) is 12.1 Å². The van der Waals surface area contributed by atoms with Crippen molar-refractivity contribution in [1.29, 1.82) is 0 Å². The molecule has 0 radical (unpaired) electrons. The van der Waals surface area contributed by atoms with Crippen LogP contribution in [0.2, 0.25) is 0 Å². The Labute approximate surface area is 120 Å². The van der Waals surface area contributed by atoms with Gasteiger partial charge in [0.1, 0.15) is 5.82 Å². The number of thioether (sulfide) groups is 1. The first kappa shape index (κ1) is 14.4. The normalized spacial score (nSPS) is 10.3. The lowest BCUT2D eigenvalue weighted by molar-refractivity contribution is 0.0600. The van der Waals surface area contributed by atoms with Crippen molar-refractivity contribution in [1.82, 2.24) is 0 Å². The largest absolute Gasteiger partial charge is 0.465 e. The number of benzene rings is 2. The molecular formula is C15H14FNO2S. The Kier molecular flexibility index (Phi) is 4.63. The molecule has 2 N–H and O–H groups in total. The summed E-state index contributed by atoms with van der Waals surface area (Å²) in [6.45, 7) is 0. The Morgan fingerprint density at radius 2 is 2.10 bits per heavy atom. The third kappa shape index (κ3) is 3.51. The Morgan fingerprint density at radius 3 is 2.85 bits per heavy atom. The maximum absolute atomic E-state index is 13.2. The molecule has 0 aliphatic rings. The Balaban J connectivity index is 2.11. The summed E-state index contributed by atoms with van der Waals surface area (Å²) >= 11 is 1.43. The van der Waals surface area contributed by atoms with Crippen LogP contribution < -0.4 is 5.73 Å². The summed E-state index contributed by atoms with van der Waals surface area (Å²) in [5.74, 6) is -0.0921. The highest BCUT2D eigenvalue weighted by molar-refractivity contribution is 7.98. The van der Waals surface area contributed by atoms with E-state index in [2.05, 4.69) is 4.74 Å². The lowest BCUT2D eigenvalue weighted by Crippen LogP contribution is -2.01. The smallest absolute Gasteiger partial charge is 0.337 e. The second kappa shape index (κ2) is 6.43. The van der Waals surface area contributed by atoms with E-state index in [4.69, 9.17) is 5.73 Å². The molecule has 3 nitrogen and oxygen atoms in total. The van der Waals surface area contributed by atoms with Crippen molar-refractivity contribution in [3.05, 3.63) is 59.4 Å². The number of esters is 1. The summed E-state index contributed by atoms with van der Waals surface area (Å²) in [4.78, 5) is 12.1. The molecule has 2 aromatic rings. The maximum Gasteiger partial charge on any atom is 0.337 e. The molecule has 104 valence electrons. The lowest BCUT2D eigenvalue weighted by atomic mass is 10.1. The number of hydrogen-bond acceptors (Lipinski definition) is 4. The van der Waals surface area contributed by atoms with Gasteiger partial charge in [0.05, 0.1) is 12.7 Å². The predicted octanol–water partition coefficient (Wildman–Crippen LogP) is 3.49. The molecule has 5 heteroatoms. The van der Waals surface area contributed by atoms with Crippen LogP contribution in [0.25, 0.3) is 0 Å². The van der Waals surface area contributed by atoms with Gasteiger partial charge in [0, 0.05) is 16.3 Å². The number of carbonyl (C=O) groups is 1. The minimum Gasteiger partial charge on any atom is -0.465 e. The highest BCUT2D eigenvalue weighted by atomic mass is 32.2. The van der Waals surface area contributed by atoms with Crippen LogP contribution in [0.3, 0.4) is 0 Å².